The van der Waals surface area contributed by atoms with E-state index in [1.807, 2.05) is 41.2 Å². The van der Waals surface area contributed by atoms with Crippen LogP contribution in [0.3, 0.4) is 0 Å². The Morgan fingerprint density at radius 2 is 2.20 bits per heavy atom. The van der Waals surface area contributed by atoms with Gasteiger partial charge in [0.2, 0.25) is 0 Å². The van der Waals surface area contributed by atoms with Gasteiger partial charge in [-0.15, -0.1) is 0 Å². The van der Waals surface area contributed by atoms with E-state index in [9.17, 15) is 9.90 Å². The first-order chi connectivity index (χ1) is 9.74. The average Bonchev–Trinajstić information content (AvgIpc) is 3.07. The molecule has 1 saturated heterocycles. The molecule has 2 unspecified atom stereocenters. The third-order valence-electron chi connectivity index (χ3n) is 3.58. The van der Waals surface area contributed by atoms with E-state index in [1.165, 1.54) is 0 Å². The van der Waals surface area contributed by atoms with Gasteiger partial charge in [-0.3, -0.25) is 9.48 Å². The van der Waals surface area contributed by atoms with Crippen LogP contribution in [0.2, 0.25) is 0 Å². The number of carboxylic acids is 1. The fourth-order valence-electron chi connectivity index (χ4n) is 2.55. The minimum Gasteiger partial charge on any atom is -0.481 e. The van der Waals surface area contributed by atoms with Gasteiger partial charge in [0.15, 0.2) is 0 Å². The van der Waals surface area contributed by atoms with Crippen molar-refractivity contribution in [1.29, 1.82) is 0 Å². The van der Waals surface area contributed by atoms with Gasteiger partial charge in [-0.25, -0.2) is 0 Å². The number of hydrogen-bond acceptors (Lipinski definition) is 3. The van der Waals surface area contributed by atoms with E-state index >= 15 is 0 Å². The van der Waals surface area contributed by atoms with Crippen molar-refractivity contribution < 1.29 is 14.6 Å². The summed E-state index contributed by atoms with van der Waals surface area (Å²) in [5.74, 6) is -1.27. The molecule has 0 spiro atoms. The van der Waals surface area contributed by atoms with E-state index in [-0.39, 0.29) is 6.10 Å². The van der Waals surface area contributed by atoms with E-state index < -0.39 is 11.9 Å². The maximum absolute atomic E-state index is 11.2. The molecule has 0 amide bonds. The zero-order valence-corrected chi connectivity index (χ0v) is 11.0. The van der Waals surface area contributed by atoms with E-state index in [2.05, 4.69) is 5.10 Å². The van der Waals surface area contributed by atoms with Crippen molar-refractivity contribution in [3.63, 3.8) is 0 Å². The summed E-state index contributed by atoms with van der Waals surface area (Å²) in [6, 6.07) is 10.0. The highest BCUT2D eigenvalue weighted by molar-refractivity contribution is 5.71. The summed E-state index contributed by atoms with van der Waals surface area (Å²) in [6.07, 6.45) is 3.76. The van der Waals surface area contributed by atoms with Crippen LogP contribution in [0.1, 0.15) is 23.7 Å². The van der Waals surface area contributed by atoms with Crippen molar-refractivity contribution in [1.82, 2.24) is 9.78 Å². The first kappa shape index (κ1) is 12.9. The number of hydrogen-bond donors (Lipinski definition) is 1. The molecule has 3 rings (SSSR count). The number of carbonyl (C=O) groups is 1. The van der Waals surface area contributed by atoms with Gasteiger partial charge in [0.05, 0.1) is 24.8 Å². The molecule has 5 heteroatoms. The molecule has 0 aliphatic carbocycles. The minimum atomic E-state index is -0.802. The highest BCUT2D eigenvalue weighted by Gasteiger charge is 2.35. The lowest BCUT2D eigenvalue weighted by molar-refractivity contribution is -0.143. The molecule has 1 aromatic heterocycles. The van der Waals surface area contributed by atoms with Crippen molar-refractivity contribution in [2.75, 3.05) is 6.61 Å². The Balaban J connectivity index is 1.75. The van der Waals surface area contributed by atoms with Crippen molar-refractivity contribution in [3.05, 3.63) is 53.9 Å². The Hall–Kier alpha value is -2.14. The monoisotopic (exact) mass is 272 g/mol. The van der Waals surface area contributed by atoms with E-state index in [1.54, 1.807) is 6.20 Å². The Kier molecular flexibility index (Phi) is 3.52. The second-order valence-electron chi connectivity index (χ2n) is 4.98. The van der Waals surface area contributed by atoms with Gasteiger partial charge in [-0.1, -0.05) is 30.3 Å². The van der Waals surface area contributed by atoms with Crippen LogP contribution in [0.15, 0.2) is 42.7 Å². The lowest BCUT2D eigenvalue weighted by Crippen LogP contribution is -2.17. The summed E-state index contributed by atoms with van der Waals surface area (Å²) in [5, 5.41) is 13.5. The molecule has 1 N–H and O–H groups in total. The van der Waals surface area contributed by atoms with Gasteiger partial charge in [0, 0.05) is 18.4 Å². The standard InChI is InChI=1S/C15H16N2O3/c18-15(19)13-6-7-20-14(13)12-8-16-17(10-12)9-11-4-2-1-3-5-11/h1-5,8,10,13-14H,6-7,9H2,(H,18,19). The molecule has 0 radical (unpaired) electrons. The third kappa shape index (κ3) is 2.58. The van der Waals surface area contributed by atoms with E-state index in [0.29, 0.717) is 19.6 Å². The van der Waals surface area contributed by atoms with Crippen molar-refractivity contribution >= 4 is 5.97 Å². The van der Waals surface area contributed by atoms with Gasteiger partial charge in [-0.2, -0.15) is 5.10 Å². The molecule has 1 aromatic carbocycles. The van der Waals surface area contributed by atoms with Crippen molar-refractivity contribution in [2.45, 2.75) is 19.1 Å². The molecular formula is C15H16N2O3. The summed E-state index contributed by atoms with van der Waals surface area (Å²) >= 11 is 0. The number of nitrogens with zero attached hydrogens (tertiary/aromatic N) is 2. The van der Waals surface area contributed by atoms with Crippen LogP contribution in [-0.2, 0) is 16.1 Å². The summed E-state index contributed by atoms with van der Waals surface area (Å²) in [4.78, 5) is 11.2. The zero-order valence-electron chi connectivity index (χ0n) is 11.0. The fourth-order valence-corrected chi connectivity index (χ4v) is 2.55. The molecule has 2 aromatic rings. The van der Waals surface area contributed by atoms with Crippen LogP contribution in [-0.4, -0.2) is 27.5 Å². The Morgan fingerprint density at radius 3 is 2.95 bits per heavy atom. The third-order valence-corrected chi connectivity index (χ3v) is 3.58. The van der Waals surface area contributed by atoms with Crippen LogP contribution < -0.4 is 0 Å². The Labute approximate surface area is 116 Å². The number of rotatable bonds is 4. The molecule has 5 nitrogen and oxygen atoms in total. The summed E-state index contributed by atoms with van der Waals surface area (Å²) < 4.78 is 7.35. The highest BCUT2D eigenvalue weighted by Crippen LogP contribution is 2.34. The minimum absolute atomic E-state index is 0.378. The highest BCUT2D eigenvalue weighted by atomic mass is 16.5. The second kappa shape index (κ2) is 5.46. The van der Waals surface area contributed by atoms with Gasteiger partial charge in [0.25, 0.3) is 0 Å². The van der Waals surface area contributed by atoms with Crippen molar-refractivity contribution in [3.8, 4) is 0 Å². The maximum atomic E-state index is 11.2. The fraction of sp³-hybridized carbons (Fsp3) is 0.333. The lowest BCUT2D eigenvalue weighted by Gasteiger charge is -2.12. The topological polar surface area (TPSA) is 64.3 Å². The normalized spacial score (nSPS) is 22.0. The maximum Gasteiger partial charge on any atom is 0.309 e. The lowest BCUT2D eigenvalue weighted by atomic mass is 9.98. The van der Waals surface area contributed by atoms with Crippen LogP contribution in [0, 0.1) is 5.92 Å². The van der Waals surface area contributed by atoms with Crippen LogP contribution in [0.25, 0.3) is 0 Å². The van der Waals surface area contributed by atoms with E-state index in [4.69, 9.17) is 4.74 Å². The van der Waals surface area contributed by atoms with Gasteiger partial charge in [-0.05, 0) is 12.0 Å². The molecule has 1 aliphatic heterocycles. The van der Waals surface area contributed by atoms with Gasteiger partial charge in [0.1, 0.15) is 0 Å². The molecule has 2 atom stereocenters. The SMILES string of the molecule is O=C(O)C1CCOC1c1cnn(Cc2ccccc2)c1. The molecule has 20 heavy (non-hydrogen) atoms. The molecule has 0 bridgehead atoms. The van der Waals surface area contributed by atoms with Crippen LogP contribution >= 0.6 is 0 Å². The first-order valence-electron chi connectivity index (χ1n) is 6.65. The Bertz CT molecular complexity index is 594. The Morgan fingerprint density at radius 1 is 1.40 bits per heavy atom. The molecule has 0 saturated carbocycles. The summed E-state index contributed by atoms with van der Waals surface area (Å²) in [7, 11) is 0. The number of aliphatic carboxylic acids is 1. The van der Waals surface area contributed by atoms with Crippen LogP contribution in [0.5, 0.6) is 0 Å². The quantitative estimate of drug-likeness (QED) is 0.925. The average molecular weight is 272 g/mol. The zero-order chi connectivity index (χ0) is 13.9. The molecule has 1 fully saturated rings. The smallest absolute Gasteiger partial charge is 0.309 e. The number of benzene rings is 1. The summed E-state index contributed by atoms with van der Waals surface area (Å²) in [5.41, 5.74) is 2.00. The predicted molar refractivity (Wildman–Crippen MR) is 72.2 cm³/mol. The molecular weight excluding hydrogens is 256 g/mol. The van der Waals surface area contributed by atoms with Crippen LogP contribution in [0.4, 0.5) is 0 Å². The van der Waals surface area contributed by atoms with E-state index in [0.717, 1.165) is 11.1 Å². The number of aromatic nitrogens is 2. The van der Waals surface area contributed by atoms with Crippen molar-refractivity contribution in [2.24, 2.45) is 5.92 Å². The van der Waals surface area contributed by atoms with Gasteiger partial charge >= 0.3 is 5.97 Å². The predicted octanol–water partition coefficient (Wildman–Crippen LogP) is 2.09. The number of ether oxygens (including phenoxy) is 1. The summed E-state index contributed by atoms with van der Waals surface area (Å²) in [6.45, 7) is 1.16. The second-order valence-corrected chi connectivity index (χ2v) is 4.98. The first-order valence-corrected chi connectivity index (χ1v) is 6.65. The molecule has 2 heterocycles. The largest absolute Gasteiger partial charge is 0.481 e. The molecule has 1 aliphatic rings. The number of carboxylic acid groups (broad SMARTS) is 1. The van der Waals surface area contributed by atoms with Gasteiger partial charge < -0.3 is 9.84 Å². The molecule has 104 valence electrons.